The molecule has 0 amide bonds. The van der Waals surface area contributed by atoms with E-state index in [9.17, 15) is 4.79 Å². The number of hydrogen-bond acceptors (Lipinski definition) is 3. The number of halogens is 1. The van der Waals surface area contributed by atoms with Crippen molar-refractivity contribution >= 4 is 28.1 Å². The first-order valence-corrected chi connectivity index (χ1v) is 9.51. The number of imidazole rings is 1. The van der Waals surface area contributed by atoms with Crippen LogP contribution in [0.3, 0.4) is 0 Å². The third kappa shape index (κ3) is 3.53. The molecule has 4 aromatic rings. The van der Waals surface area contributed by atoms with Crippen molar-refractivity contribution in [3.8, 4) is 0 Å². The molecule has 0 unspecified atom stereocenters. The topological polar surface area (TPSA) is 62.7 Å². The second-order valence-corrected chi connectivity index (χ2v) is 7.32. The summed E-state index contributed by atoms with van der Waals surface area (Å²) in [5, 5.41) is 5.38. The van der Waals surface area contributed by atoms with Crippen LogP contribution in [0.1, 0.15) is 22.6 Å². The van der Waals surface area contributed by atoms with Crippen molar-refractivity contribution in [2.45, 2.75) is 26.9 Å². The lowest BCUT2D eigenvalue weighted by atomic mass is 10.1. The van der Waals surface area contributed by atoms with E-state index >= 15 is 0 Å². The molecule has 4 rings (SSSR count). The Morgan fingerprint density at radius 1 is 1.14 bits per heavy atom. The van der Waals surface area contributed by atoms with E-state index < -0.39 is 0 Å². The molecule has 2 heterocycles. The van der Waals surface area contributed by atoms with Crippen molar-refractivity contribution in [3.05, 3.63) is 92.9 Å². The summed E-state index contributed by atoms with van der Waals surface area (Å²) < 4.78 is 1.74. The highest BCUT2D eigenvalue weighted by atomic mass is 35.5. The van der Waals surface area contributed by atoms with Gasteiger partial charge in [-0.2, -0.15) is 0 Å². The summed E-state index contributed by atoms with van der Waals surface area (Å²) in [7, 11) is 0. The van der Waals surface area contributed by atoms with Gasteiger partial charge in [0.2, 0.25) is 0 Å². The van der Waals surface area contributed by atoms with Crippen molar-refractivity contribution in [3.63, 3.8) is 0 Å². The Labute approximate surface area is 168 Å². The lowest BCUT2D eigenvalue weighted by molar-refractivity contribution is 0.720. The molecule has 0 saturated carbocycles. The normalized spacial score (nSPS) is 11.1. The Bertz CT molecular complexity index is 1190. The summed E-state index contributed by atoms with van der Waals surface area (Å²) in [5.41, 5.74) is 4.63. The van der Waals surface area contributed by atoms with E-state index in [-0.39, 0.29) is 5.56 Å². The Hall–Kier alpha value is -3.05. The van der Waals surface area contributed by atoms with Gasteiger partial charge in [-0.25, -0.2) is 4.98 Å². The standard InChI is InChI=1S/C22H21ClN4O/c1-14-8-17-9-20(24-11-16-6-4-3-5-7-16)19(23)10-18(17)22(28)27(14)12-21-15(2)25-13-26-21/h3-10,13,24H,11-12H2,1-2H3,(H,25,26). The highest BCUT2D eigenvalue weighted by Gasteiger charge is 2.12. The van der Waals surface area contributed by atoms with Gasteiger partial charge in [-0.05, 0) is 43.0 Å². The summed E-state index contributed by atoms with van der Waals surface area (Å²) in [4.78, 5) is 20.4. The molecule has 0 saturated heterocycles. The fourth-order valence-corrected chi connectivity index (χ4v) is 3.56. The van der Waals surface area contributed by atoms with Gasteiger partial charge in [0.25, 0.3) is 5.56 Å². The van der Waals surface area contributed by atoms with E-state index in [0.29, 0.717) is 23.5 Å². The zero-order valence-electron chi connectivity index (χ0n) is 15.8. The van der Waals surface area contributed by atoms with Crippen LogP contribution in [0, 0.1) is 13.8 Å². The number of hydrogen-bond donors (Lipinski definition) is 2. The van der Waals surface area contributed by atoms with Crippen LogP contribution in [0.25, 0.3) is 10.8 Å². The zero-order valence-corrected chi connectivity index (χ0v) is 16.5. The lowest BCUT2D eigenvalue weighted by Crippen LogP contribution is -2.23. The quantitative estimate of drug-likeness (QED) is 0.519. The van der Waals surface area contributed by atoms with E-state index in [2.05, 4.69) is 27.4 Å². The first-order chi connectivity index (χ1) is 13.5. The van der Waals surface area contributed by atoms with Gasteiger partial charge in [-0.1, -0.05) is 41.9 Å². The smallest absolute Gasteiger partial charge is 0.259 e. The predicted octanol–water partition coefficient (Wildman–Crippen LogP) is 4.66. The molecule has 0 fully saturated rings. The first kappa shape index (κ1) is 18.3. The molecule has 2 aromatic heterocycles. The van der Waals surface area contributed by atoms with Crippen LogP contribution < -0.4 is 10.9 Å². The van der Waals surface area contributed by atoms with E-state index in [0.717, 1.165) is 28.2 Å². The third-order valence-electron chi connectivity index (χ3n) is 4.97. The molecule has 5 nitrogen and oxygen atoms in total. The number of nitrogens with zero attached hydrogens (tertiary/aromatic N) is 2. The molecule has 0 aliphatic rings. The first-order valence-electron chi connectivity index (χ1n) is 9.13. The predicted molar refractivity (Wildman–Crippen MR) is 114 cm³/mol. The number of fused-ring (bicyclic) bond motifs is 1. The largest absolute Gasteiger partial charge is 0.380 e. The number of rotatable bonds is 5. The Morgan fingerprint density at radius 2 is 1.93 bits per heavy atom. The number of aryl methyl sites for hydroxylation is 2. The van der Waals surface area contributed by atoms with Gasteiger partial charge in [0.05, 0.1) is 29.3 Å². The van der Waals surface area contributed by atoms with E-state index in [1.54, 1.807) is 17.0 Å². The Morgan fingerprint density at radius 3 is 2.64 bits per heavy atom. The van der Waals surface area contributed by atoms with E-state index in [4.69, 9.17) is 11.6 Å². The maximum absolute atomic E-state index is 13.1. The summed E-state index contributed by atoms with van der Waals surface area (Å²) in [6.07, 6.45) is 1.65. The van der Waals surface area contributed by atoms with Crippen molar-refractivity contribution in [2.75, 3.05) is 5.32 Å². The number of pyridine rings is 1. The molecular formula is C22H21ClN4O. The fourth-order valence-electron chi connectivity index (χ4n) is 3.32. The molecule has 0 bridgehead atoms. The minimum absolute atomic E-state index is 0.0612. The summed E-state index contributed by atoms with van der Waals surface area (Å²) in [6.45, 7) is 4.99. The number of anilines is 1. The molecule has 0 spiro atoms. The molecule has 0 radical (unpaired) electrons. The maximum Gasteiger partial charge on any atom is 0.259 e. The minimum atomic E-state index is -0.0612. The van der Waals surface area contributed by atoms with Gasteiger partial charge in [0, 0.05) is 23.3 Å². The van der Waals surface area contributed by atoms with Gasteiger partial charge in [-0.3, -0.25) is 4.79 Å². The van der Waals surface area contributed by atoms with Crippen molar-refractivity contribution in [1.82, 2.24) is 14.5 Å². The van der Waals surface area contributed by atoms with Crippen LogP contribution in [-0.4, -0.2) is 14.5 Å². The van der Waals surface area contributed by atoms with Gasteiger partial charge in [-0.15, -0.1) is 0 Å². The van der Waals surface area contributed by atoms with Crippen molar-refractivity contribution in [2.24, 2.45) is 0 Å². The van der Waals surface area contributed by atoms with Crippen LogP contribution in [0.5, 0.6) is 0 Å². The van der Waals surface area contributed by atoms with Crippen LogP contribution >= 0.6 is 11.6 Å². The number of nitrogens with one attached hydrogen (secondary N) is 2. The minimum Gasteiger partial charge on any atom is -0.380 e. The summed E-state index contributed by atoms with van der Waals surface area (Å²) >= 11 is 6.47. The molecule has 0 aliphatic carbocycles. The molecule has 28 heavy (non-hydrogen) atoms. The van der Waals surface area contributed by atoms with Crippen molar-refractivity contribution < 1.29 is 0 Å². The molecule has 0 atom stereocenters. The second-order valence-electron chi connectivity index (χ2n) is 6.91. The average molecular weight is 393 g/mol. The van der Waals surface area contributed by atoms with Crippen LogP contribution in [-0.2, 0) is 13.1 Å². The highest BCUT2D eigenvalue weighted by Crippen LogP contribution is 2.28. The number of aromatic amines is 1. The third-order valence-corrected chi connectivity index (χ3v) is 5.29. The second kappa shape index (κ2) is 7.52. The molecule has 6 heteroatoms. The van der Waals surface area contributed by atoms with Crippen LogP contribution in [0.15, 0.2) is 59.7 Å². The molecule has 2 aromatic carbocycles. The molecular weight excluding hydrogens is 372 g/mol. The SMILES string of the molecule is Cc1[nH]cnc1Cn1c(C)cc2cc(NCc3ccccc3)c(Cl)cc2c1=O. The highest BCUT2D eigenvalue weighted by molar-refractivity contribution is 6.34. The van der Waals surface area contributed by atoms with E-state index in [1.807, 2.05) is 44.2 Å². The number of benzene rings is 2. The monoisotopic (exact) mass is 392 g/mol. The van der Waals surface area contributed by atoms with Crippen molar-refractivity contribution in [1.29, 1.82) is 0 Å². The molecule has 0 aliphatic heterocycles. The average Bonchev–Trinajstić information content (AvgIpc) is 3.10. The van der Waals surface area contributed by atoms with Gasteiger partial charge in [0.1, 0.15) is 0 Å². The van der Waals surface area contributed by atoms with Gasteiger partial charge < -0.3 is 14.9 Å². The summed E-state index contributed by atoms with van der Waals surface area (Å²) in [6, 6.07) is 15.8. The van der Waals surface area contributed by atoms with Crippen LogP contribution in [0.2, 0.25) is 5.02 Å². The zero-order chi connectivity index (χ0) is 19.7. The Balaban J connectivity index is 1.69. The van der Waals surface area contributed by atoms with Gasteiger partial charge in [0.15, 0.2) is 0 Å². The number of H-pyrrole nitrogens is 1. The van der Waals surface area contributed by atoms with Gasteiger partial charge >= 0.3 is 0 Å². The molecule has 142 valence electrons. The van der Waals surface area contributed by atoms with E-state index in [1.165, 1.54) is 5.56 Å². The maximum atomic E-state index is 13.1. The molecule has 2 N–H and O–H groups in total. The van der Waals surface area contributed by atoms with Crippen LogP contribution in [0.4, 0.5) is 5.69 Å². The lowest BCUT2D eigenvalue weighted by Gasteiger charge is -2.14. The fraction of sp³-hybridized carbons (Fsp3) is 0.182. The number of aromatic nitrogens is 3. The Kier molecular flexibility index (Phi) is 4.92. The summed E-state index contributed by atoms with van der Waals surface area (Å²) in [5.74, 6) is 0.